The maximum absolute atomic E-state index is 10.8. The van der Waals surface area contributed by atoms with E-state index >= 15 is 0 Å². The van der Waals surface area contributed by atoms with E-state index < -0.39 is 4.92 Å². The molecule has 1 N–H and O–H groups in total. The Hall–Kier alpha value is -1.86. The zero-order valence-electron chi connectivity index (χ0n) is 12.1. The van der Waals surface area contributed by atoms with Gasteiger partial charge in [-0.05, 0) is 7.05 Å². The van der Waals surface area contributed by atoms with Crippen LogP contribution in [0, 0.1) is 10.1 Å². The summed E-state index contributed by atoms with van der Waals surface area (Å²) in [6.07, 6.45) is 0. The molecule has 7 heteroatoms. The minimum Gasteiger partial charge on any atom is -0.496 e. The van der Waals surface area contributed by atoms with Gasteiger partial charge in [-0.1, -0.05) is 0 Å². The van der Waals surface area contributed by atoms with Gasteiger partial charge in [0.2, 0.25) is 0 Å². The number of hydrogen-bond acceptors (Lipinski definition) is 6. The minimum absolute atomic E-state index is 0.0135. The molecule has 0 bridgehead atoms. The highest BCUT2D eigenvalue weighted by atomic mass is 16.6. The Bertz CT molecular complexity index is 440. The van der Waals surface area contributed by atoms with Gasteiger partial charge >= 0.3 is 0 Å². The first-order chi connectivity index (χ1) is 9.56. The summed E-state index contributed by atoms with van der Waals surface area (Å²) >= 11 is 0. The predicted molar refractivity (Wildman–Crippen MR) is 77.5 cm³/mol. The van der Waals surface area contributed by atoms with E-state index in [4.69, 9.17) is 9.47 Å². The predicted octanol–water partition coefficient (Wildman–Crippen LogP) is 1.59. The first kappa shape index (κ1) is 16.2. The van der Waals surface area contributed by atoms with Gasteiger partial charge in [0.25, 0.3) is 5.69 Å². The number of ether oxygens (including phenoxy) is 2. The van der Waals surface area contributed by atoms with Crippen LogP contribution in [0.2, 0.25) is 0 Å². The van der Waals surface area contributed by atoms with E-state index in [-0.39, 0.29) is 5.69 Å². The van der Waals surface area contributed by atoms with Crippen molar-refractivity contribution in [3.8, 4) is 5.75 Å². The van der Waals surface area contributed by atoms with Gasteiger partial charge in [-0.2, -0.15) is 0 Å². The summed E-state index contributed by atoms with van der Waals surface area (Å²) in [5, 5.41) is 14.0. The number of non-ortho nitro benzene ring substituents is 1. The number of rotatable bonds is 9. The highest BCUT2D eigenvalue weighted by Gasteiger charge is 2.10. The van der Waals surface area contributed by atoms with Crippen LogP contribution in [0.3, 0.4) is 0 Å². The van der Waals surface area contributed by atoms with Crippen molar-refractivity contribution in [2.24, 2.45) is 0 Å². The minimum atomic E-state index is -0.432. The van der Waals surface area contributed by atoms with Crippen LogP contribution < -0.4 is 10.1 Å². The molecular formula is C13H21N3O4. The molecule has 0 saturated heterocycles. The fourth-order valence-electron chi connectivity index (χ4n) is 1.66. The van der Waals surface area contributed by atoms with Crippen molar-refractivity contribution in [2.75, 3.05) is 52.8 Å². The Morgan fingerprint density at radius 2 is 2.05 bits per heavy atom. The van der Waals surface area contributed by atoms with E-state index in [0.29, 0.717) is 24.6 Å². The number of nitrogens with one attached hydrogen (secondary N) is 1. The highest BCUT2D eigenvalue weighted by Crippen LogP contribution is 2.25. The average molecular weight is 283 g/mol. The van der Waals surface area contributed by atoms with Crippen molar-refractivity contribution < 1.29 is 14.4 Å². The van der Waals surface area contributed by atoms with Crippen molar-refractivity contribution in [2.45, 2.75) is 0 Å². The lowest BCUT2D eigenvalue weighted by atomic mass is 10.2. The molecule has 0 spiro atoms. The lowest BCUT2D eigenvalue weighted by Gasteiger charge is -2.16. The molecule has 0 radical (unpaired) electrons. The van der Waals surface area contributed by atoms with E-state index in [9.17, 15) is 10.1 Å². The topological polar surface area (TPSA) is 76.9 Å². The first-order valence-corrected chi connectivity index (χ1v) is 6.31. The van der Waals surface area contributed by atoms with E-state index in [1.54, 1.807) is 13.2 Å². The third-order valence-electron chi connectivity index (χ3n) is 2.84. The quantitative estimate of drug-likeness (QED) is 0.548. The summed E-state index contributed by atoms with van der Waals surface area (Å²) in [7, 11) is 5.15. The molecule has 0 fully saturated rings. The normalized spacial score (nSPS) is 10.6. The van der Waals surface area contributed by atoms with Gasteiger partial charge in [-0.25, -0.2) is 0 Å². The van der Waals surface area contributed by atoms with Crippen LogP contribution in [0.4, 0.5) is 11.4 Å². The van der Waals surface area contributed by atoms with Crippen molar-refractivity contribution >= 4 is 11.4 Å². The van der Waals surface area contributed by atoms with Crippen LogP contribution in [0.15, 0.2) is 18.2 Å². The number of likely N-dealkylation sites (N-methyl/N-ethyl adjacent to an activating group) is 1. The highest BCUT2D eigenvalue weighted by molar-refractivity contribution is 5.56. The first-order valence-electron chi connectivity index (χ1n) is 6.31. The zero-order chi connectivity index (χ0) is 15.0. The molecule has 0 unspecified atom stereocenters. The van der Waals surface area contributed by atoms with Gasteiger partial charge in [-0.3, -0.25) is 10.1 Å². The van der Waals surface area contributed by atoms with Gasteiger partial charge in [0, 0.05) is 44.6 Å². The Labute approximate surface area is 118 Å². The molecule has 1 aromatic rings. The molecule has 7 nitrogen and oxygen atoms in total. The summed E-state index contributed by atoms with van der Waals surface area (Å²) in [5.41, 5.74) is 0.691. The molecule has 0 aromatic heterocycles. The maximum Gasteiger partial charge on any atom is 0.275 e. The summed E-state index contributed by atoms with van der Waals surface area (Å²) in [6.45, 7) is 3.02. The average Bonchev–Trinajstić information content (AvgIpc) is 2.44. The molecule has 112 valence electrons. The van der Waals surface area contributed by atoms with Gasteiger partial charge in [0.05, 0.1) is 24.7 Å². The largest absolute Gasteiger partial charge is 0.496 e. The van der Waals surface area contributed by atoms with Crippen LogP contribution in [0.1, 0.15) is 0 Å². The second kappa shape index (κ2) is 8.34. The second-order valence-electron chi connectivity index (χ2n) is 4.40. The summed E-state index contributed by atoms with van der Waals surface area (Å²) < 4.78 is 10.1. The fraction of sp³-hybridized carbons (Fsp3) is 0.538. The zero-order valence-corrected chi connectivity index (χ0v) is 12.1. The number of nitro benzene ring substituents is 1. The van der Waals surface area contributed by atoms with Gasteiger partial charge in [-0.15, -0.1) is 0 Å². The third kappa shape index (κ3) is 5.41. The maximum atomic E-state index is 10.8. The van der Waals surface area contributed by atoms with Gasteiger partial charge in [0.1, 0.15) is 5.75 Å². The Balaban J connectivity index is 2.54. The van der Waals surface area contributed by atoms with Gasteiger partial charge in [0.15, 0.2) is 0 Å². The number of benzene rings is 1. The lowest BCUT2D eigenvalue weighted by molar-refractivity contribution is -0.384. The van der Waals surface area contributed by atoms with Crippen LogP contribution >= 0.6 is 0 Å². The third-order valence-corrected chi connectivity index (χ3v) is 2.84. The number of methoxy groups -OCH3 is 2. The number of nitro groups is 1. The van der Waals surface area contributed by atoms with Crippen molar-refractivity contribution in [1.82, 2.24) is 4.90 Å². The number of nitrogens with zero attached hydrogens (tertiary/aromatic N) is 2. The van der Waals surface area contributed by atoms with Crippen molar-refractivity contribution in [1.29, 1.82) is 0 Å². The Morgan fingerprint density at radius 3 is 2.65 bits per heavy atom. The Kier molecular flexibility index (Phi) is 6.75. The van der Waals surface area contributed by atoms with E-state index in [0.717, 1.165) is 13.1 Å². The van der Waals surface area contributed by atoms with E-state index in [1.165, 1.54) is 19.2 Å². The molecular weight excluding hydrogens is 262 g/mol. The summed E-state index contributed by atoms with van der Waals surface area (Å²) in [5.74, 6) is 0.467. The standard InChI is InChI=1S/C13H21N3O4/c1-15(6-7-19-2)5-4-14-11-8-12(16(17)18)10-13(9-11)20-3/h8-10,14H,4-7H2,1-3H3. The fourth-order valence-corrected chi connectivity index (χ4v) is 1.66. The van der Waals surface area contributed by atoms with Crippen molar-refractivity contribution in [3.63, 3.8) is 0 Å². The molecule has 20 heavy (non-hydrogen) atoms. The second-order valence-corrected chi connectivity index (χ2v) is 4.40. The molecule has 0 aliphatic rings. The molecule has 0 amide bonds. The number of anilines is 1. The van der Waals surface area contributed by atoms with Crippen LogP contribution in [0.5, 0.6) is 5.75 Å². The van der Waals surface area contributed by atoms with Crippen LogP contribution in [-0.4, -0.2) is 57.3 Å². The van der Waals surface area contributed by atoms with E-state index in [1.807, 2.05) is 7.05 Å². The lowest BCUT2D eigenvalue weighted by Crippen LogP contribution is -2.28. The van der Waals surface area contributed by atoms with E-state index in [2.05, 4.69) is 10.2 Å². The summed E-state index contributed by atoms with van der Waals surface area (Å²) in [4.78, 5) is 12.5. The molecule has 0 aliphatic carbocycles. The Morgan fingerprint density at radius 1 is 1.30 bits per heavy atom. The molecule has 1 rings (SSSR count). The molecule has 0 atom stereocenters. The monoisotopic (exact) mass is 283 g/mol. The van der Waals surface area contributed by atoms with Gasteiger partial charge < -0.3 is 19.7 Å². The molecule has 1 aromatic carbocycles. The molecule has 0 heterocycles. The van der Waals surface area contributed by atoms with Crippen LogP contribution in [0.25, 0.3) is 0 Å². The molecule has 0 aliphatic heterocycles. The smallest absolute Gasteiger partial charge is 0.275 e. The van der Waals surface area contributed by atoms with Crippen molar-refractivity contribution in [3.05, 3.63) is 28.3 Å². The van der Waals surface area contributed by atoms with Crippen LogP contribution in [-0.2, 0) is 4.74 Å². The summed E-state index contributed by atoms with van der Waals surface area (Å²) in [6, 6.07) is 4.63. The number of hydrogen-bond donors (Lipinski definition) is 1. The molecule has 0 saturated carbocycles. The SMILES string of the molecule is COCCN(C)CCNc1cc(OC)cc([N+](=O)[O-])c1.